The van der Waals surface area contributed by atoms with Gasteiger partial charge in [-0.3, -0.25) is 4.79 Å². The number of ether oxygens (including phenoxy) is 1. The summed E-state index contributed by atoms with van der Waals surface area (Å²) in [6, 6.07) is 13.2. The Bertz CT molecular complexity index is 884. The smallest absolute Gasteiger partial charge is 0.229 e. The van der Waals surface area contributed by atoms with Gasteiger partial charge in [0.1, 0.15) is 11.8 Å². The van der Waals surface area contributed by atoms with Crippen LogP contribution < -0.4 is 4.74 Å². The first-order chi connectivity index (χ1) is 11.7. The average Bonchev–Trinajstić information content (AvgIpc) is 2.94. The van der Waals surface area contributed by atoms with E-state index in [2.05, 4.69) is 10.1 Å². The van der Waals surface area contributed by atoms with Crippen LogP contribution in [0.2, 0.25) is 0 Å². The topological polar surface area (TPSA) is 68.5 Å². The van der Waals surface area contributed by atoms with E-state index < -0.39 is 0 Å². The van der Waals surface area contributed by atoms with Crippen molar-refractivity contribution in [1.29, 1.82) is 0 Å². The Morgan fingerprint density at radius 3 is 2.92 bits per heavy atom. The number of aromatic nitrogens is 2. The normalized spacial score (nSPS) is 14.6. The molecule has 1 aromatic carbocycles. The van der Waals surface area contributed by atoms with E-state index in [4.69, 9.17) is 9.26 Å². The summed E-state index contributed by atoms with van der Waals surface area (Å²) in [5.74, 6) is 0.640. The zero-order valence-electron chi connectivity index (χ0n) is 13.3. The molecule has 4 rings (SSSR count). The third kappa shape index (κ3) is 2.82. The zero-order valence-corrected chi connectivity index (χ0v) is 13.3. The van der Waals surface area contributed by atoms with Crippen molar-refractivity contribution in [3.8, 4) is 5.88 Å². The van der Waals surface area contributed by atoms with Gasteiger partial charge in [-0.1, -0.05) is 23.4 Å². The van der Waals surface area contributed by atoms with Gasteiger partial charge in [-0.05, 0) is 25.1 Å². The Labute approximate surface area is 139 Å². The van der Waals surface area contributed by atoms with E-state index in [1.165, 1.54) is 0 Å². The van der Waals surface area contributed by atoms with Crippen LogP contribution in [-0.4, -0.2) is 40.1 Å². The number of pyridine rings is 1. The molecular formula is C18H17N3O3. The molecule has 0 atom stereocenters. The van der Waals surface area contributed by atoms with Crippen LogP contribution in [0.25, 0.3) is 11.0 Å². The Balaban J connectivity index is 1.34. The van der Waals surface area contributed by atoms with Crippen LogP contribution in [0.1, 0.15) is 11.4 Å². The van der Waals surface area contributed by atoms with E-state index >= 15 is 0 Å². The molecule has 3 heterocycles. The van der Waals surface area contributed by atoms with Gasteiger partial charge in [0, 0.05) is 17.1 Å². The van der Waals surface area contributed by atoms with Gasteiger partial charge < -0.3 is 14.2 Å². The average molecular weight is 323 g/mol. The van der Waals surface area contributed by atoms with Crippen LogP contribution in [0.5, 0.6) is 5.88 Å². The molecule has 0 spiro atoms. The van der Waals surface area contributed by atoms with Gasteiger partial charge in [-0.15, -0.1) is 0 Å². The van der Waals surface area contributed by atoms with Crippen molar-refractivity contribution in [3.05, 3.63) is 53.9 Å². The molecule has 1 aliphatic heterocycles. The van der Waals surface area contributed by atoms with Crippen LogP contribution in [0.4, 0.5) is 0 Å². The summed E-state index contributed by atoms with van der Waals surface area (Å²) in [5, 5.41) is 4.90. The quantitative estimate of drug-likeness (QED) is 0.737. The van der Waals surface area contributed by atoms with Crippen molar-refractivity contribution in [2.24, 2.45) is 0 Å². The highest BCUT2D eigenvalue weighted by atomic mass is 16.5. The maximum absolute atomic E-state index is 12.4. The number of hydrogen-bond acceptors (Lipinski definition) is 5. The number of aryl methyl sites for hydroxylation is 1. The molecule has 122 valence electrons. The summed E-state index contributed by atoms with van der Waals surface area (Å²) >= 11 is 0. The van der Waals surface area contributed by atoms with Crippen LogP contribution in [-0.2, 0) is 11.2 Å². The lowest BCUT2D eigenvalue weighted by molar-refractivity contribution is -0.139. The lowest BCUT2D eigenvalue weighted by Crippen LogP contribution is -2.56. The van der Waals surface area contributed by atoms with E-state index in [9.17, 15) is 4.79 Å². The standard InChI is InChI=1S/C18H17N3O3/c1-12-5-4-8-17(19-12)23-13-10-21(11-13)18(22)9-15-14-6-2-3-7-16(14)24-20-15/h2-8,13H,9-11H2,1H3. The Morgan fingerprint density at radius 2 is 2.08 bits per heavy atom. The lowest BCUT2D eigenvalue weighted by Gasteiger charge is -2.38. The number of carbonyl (C=O) groups excluding carboxylic acids is 1. The first kappa shape index (κ1) is 14.7. The van der Waals surface area contributed by atoms with Gasteiger partial charge in [0.25, 0.3) is 0 Å². The molecule has 0 radical (unpaired) electrons. The molecule has 0 aliphatic carbocycles. The minimum absolute atomic E-state index is 0.00250. The summed E-state index contributed by atoms with van der Waals surface area (Å²) in [6.45, 7) is 3.07. The highest BCUT2D eigenvalue weighted by Gasteiger charge is 2.33. The molecule has 0 unspecified atom stereocenters. The molecule has 3 aromatic rings. The molecule has 6 heteroatoms. The van der Waals surface area contributed by atoms with E-state index in [-0.39, 0.29) is 18.4 Å². The Kier molecular flexibility index (Phi) is 3.65. The minimum atomic E-state index is -0.00250. The summed E-state index contributed by atoms with van der Waals surface area (Å²) in [6.07, 6.45) is 0.240. The van der Waals surface area contributed by atoms with Gasteiger partial charge in [-0.25, -0.2) is 4.98 Å². The van der Waals surface area contributed by atoms with Crippen LogP contribution in [0.3, 0.4) is 0 Å². The molecule has 0 saturated carbocycles. The second-order valence-corrected chi connectivity index (χ2v) is 5.96. The lowest BCUT2D eigenvalue weighted by atomic mass is 10.1. The van der Waals surface area contributed by atoms with E-state index in [0.717, 1.165) is 11.1 Å². The predicted molar refractivity (Wildman–Crippen MR) is 87.7 cm³/mol. The van der Waals surface area contributed by atoms with Crippen molar-refractivity contribution >= 4 is 16.9 Å². The van der Waals surface area contributed by atoms with E-state index in [1.807, 2.05) is 49.4 Å². The monoisotopic (exact) mass is 323 g/mol. The predicted octanol–water partition coefficient (Wildman–Crippen LogP) is 2.36. The van der Waals surface area contributed by atoms with Crippen LogP contribution in [0.15, 0.2) is 47.0 Å². The fourth-order valence-electron chi connectivity index (χ4n) is 2.79. The van der Waals surface area contributed by atoms with Gasteiger partial charge in [0.2, 0.25) is 11.8 Å². The van der Waals surface area contributed by atoms with Gasteiger partial charge in [-0.2, -0.15) is 0 Å². The maximum atomic E-state index is 12.4. The molecular weight excluding hydrogens is 306 g/mol. The fraction of sp³-hybridized carbons (Fsp3) is 0.278. The largest absolute Gasteiger partial charge is 0.471 e. The van der Waals surface area contributed by atoms with Crippen LogP contribution in [0, 0.1) is 6.92 Å². The summed E-state index contributed by atoms with van der Waals surface area (Å²) < 4.78 is 11.0. The molecule has 1 amide bonds. The Morgan fingerprint density at radius 1 is 1.25 bits per heavy atom. The molecule has 1 saturated heterocycles. The van der Waals surface area contributed by atoms with E-state index in [0.29, 0.717) is 30.2 Å². The Hall–Kier alpha value is -2.89. The van der Waals surface area contributed by atoms with Crippen molar-refractivity contribution in [1.82, 2.24) is 15.0 Å². The number of para-hydroxylation sites is 1. The SMILES string of the molecule is Cc1cccc(OC2CN(C(=O)Cc3noc4ccccc34)C2)n1. The number of fused-ring (bicyclic) bond motifs is 1. The number of hydrogen-bond donors (Lipinski definition) is 0. The third-order valence-electron chi connectivity index (χ3n) is 4.12. The molecule has 6 nitrogen and oxygen atoms in total. The second-order valence-electron chi connectivity index (χ2n) is 5.96. The molecule has 1 aliphatic rings. The number of rotatable bonds is 4. The maximum Gasteiger partial charge on any atom is 0.229 e. The van der Waals surface area contributed by atoms with Crippen molar-refractivity contribution < 1.29 is 14.1 Å². The van der Waals surface area contributed by atoms with Gasteiger partial charge in [0.05, 0.1) is 19.5 Å². The first-order valence-electron chi connectivity index (χ1n) is 7.90. The first-order valence-corrected chi connectivity index (χ1v) is 7.90. The minimum Gasteiger partial charge on any atom is -0.471 e. The summed E-state index contributed by atoms with van der Waals surface area (Å²) in [4.78, 5) is 18.4. The number of benzene rings is 1. The number of amides is 1. The molecule has 0 N–H and O–H groups in total. The molecule has 2 aromatic heterocycles. The molecule has 0 bridgehead atoms. The second kappa shape index (κ2) is 5.96. The number of likely N-dealkylation sites (tertiary alicyclic amines) is 1. The van der Waals surface area contributed by atoms with Gasteiger partial charge in [0.15, 0.2) is 5.58 Å². The van der Waals surface area contributed by atoms with Gasteiger partial charge >= 0.3 is 0 Å². The van der Waals surface area contributed by atoms with Crippen molar-refractivity contribution in [2.75, 3.05) is 13.1 Å². The van der Waals surface area contributed by atoms with Crippen molar-refractivity contribution in [3.63, 3.8) is 0 Å². The summed E-state index contributed by atoms with van der Waals surface area (Å²) in [5.41, 5.74) is 2.30. The highest BCUT2D eigenvalue weighted by Crippen LogP contribution is 2.21. The molecule has 24 heavy (non-hydrogen) atoms. The zero-order chi connectivity index (χ0) is 16.5. The third-order valence-corrected chi connectivity index (χ3v) is 4.12. The number of carbonyl (C=O) groups is 1. The summed E-state index contributed by atoms with van der Waals surface area (Å²) in [7, 11) is 0. The number of nitrogens with zero attached hydrogens (tertiary/aromatic N) is 3. The van der Waals surface area contributed by atoms with Crippen molar-refractivity contribution in [2.45, 2.75) is 19.4 Å². The van der Waals surface area contributed by atoms with E-state index in [1.54, 1.807) is 4.90 Å². The highest BCUT2D eigenvalue weighted by molar-refractivity contribution is 5.86. The fourth-order valence-corrected chi connectivity index (χ4v) is 2.79. The van der Waals surface area contributed by atoms with Crippen LogP contribution >= 0.6 is 0 Å². The molecule has 1 fully saturated rings.